The molecule has 0 saturated carbocycles. The van der Waals surface area contributed by atoms with E-state index >= 15 is 0 Å². The number of Topliss-reactive ketones (excluding diaryl/α,β-unsaturated/α-hetero) is 1. The van der Waals surface area contributed by atoms with E-state index in [1.165, 1.54) is 0 Å². The smallest absolute Gasteiger partial charge is 0.168 e. The van der Waals surface area contributed by atoms with Crippen LogP contribution in [0, 0.1) is 13.8 Å². The van der Waals surface area contributed by atoms with E-state index in [1.807, 2.05) is 44.2 Å². The van der Waals surface area contributed by atoms with Crippen LogP contribution >= 0.6 is 15.9 Å². The van der Waals surface area contributed by atoms with Crippen LogP contribution in [0.5, 0.6) is 5.75 Å². The number of halogens is 1. The average Bonchev–Trinajstić information content (AvgIpc) is 2.43. The maximum absolute atomic E-state index is 12.5. The van der Waals surface area contributed by atoms with E-state index in [-0.39, 0.29) is 5.78 Å². The molecule has 0 aliphatic carbocycles. The minimum atomic E-state index is 0.0909. The van der Waals surface area contributed by atoms with Crippen LogP contribution in [0.3, 0.4) is 0 Å². The first-order chi connectivity index (χ1) is 9.52. The molecule has 2 nitrogen and oxygen atoms in total. The average molecular weight is 333 g/mol. The fourth-order valence-corrected chi connectivity index (χ4v) is 2.70. The summed E-state index contributed by atoms with van der Waals surface area (Å²) in [6.07, 6.45) is 0.407. The van der Waals surface area contributed by atoms with Gasteiger partial charge in [-0.25, -0.2) is 0 Å². The molecule has 0 atom stereocenters. The molecule has 0 heterocycles. The lowest BCUT2D eigenvalue weighted by atomic mass is 9.95. The van der Waals surface area contributed by atoms with Crippen molar-refractivity contribution in [2.45, 2.75) is 20.3 Å². The number of carbonyl (C=O) groups excluding carboxylic acids is 1. The Kier molecular flexibility index (Phi) is 4.61. The van der Waals surface area contributed by atoms with Crippen molar-refractivity contribution in [3.05, 3.63) is 63.1 Å². The third kappa shape index (κ3) is 3.10. The molecule has 3 heteroatoms. The maximum atomic E-state index is 12.5. The van der Waals surface area contributed by atoms with Gasteiger partial charge in [0.1, 0.15) is 5.75 Å². The fraction of sp³-hybridized carbons (Fsp3) is 0.235. The summed E-state index contributed by atoms with van der Waals surface area (Å²) >= 11 is 3.43. The van der Waals surface area contributed by atoms with Gasteiger partial charge in [0.2, 0.25) is 0 Å². The van der Waals surface area contributed by atoms with Gasteiger partial charge in [-0.15, -0.1) is 0 Å². The van der Waals surface area contributed by atoms with Crippen LogP contribution in [0.1, 0.15) is 27.0 Å². The van der Waals surface area contributed by atoms with Gasteiger partial charge in [-0.3, -0.25) is 4.79 Å². The third-order valence-corrected chi connectivity index (χ3v) is 4.15. The van der Waals surface area contributed by atoms with E-state index in [9.17, 15) is 4.79 Å². The Labute approximate surface area is 127 Å². The summed E-state index contributed by atoms with van der Waals surface area (Å²) in [7, 11) is 1.60. The highest BCUT2D eigenvalue weighted by atomic mass is 79.9. The summed E-state index contributed by atoms with van der Waals surface area (Å²) in [6.45, 7) is 4.08. The van der Waals surface area contributed by atoms with Crippen molar-refractivity contribution in [1.29, 1.82) is 0 Å². The van der Waals surface area contributed by atoms with Gasteiger partial charge in [0, 0.05) is 16.5 Å². The zero-order valence-corrected chi connectivity index (χ0v) is 13.5. The van der Waals surface area contributed by atoms with Crippen molar-refractivity contribution >= 4 is 21.7 Å². The number of hydrogen-bond acceptors (Lipinski definition) is 2. The van der Waals surface area contributed by atoms with Crippen LogP contribution in [-0.4, -0.2) is 12.9 Å². The summed E-state index contributed by atoms with van der Waals surface area (Å²) in [5.41, 5.74) is 4.06. The second-order valence-corrected chi connectivity index (χ2v) is 5.67. The minimum Gasteiger partial charge on any atom is -0.497 e. The molecule has 0 N–H and O–H groups in total. The van der Waals surface area contributed by atoms with Gasteiger partial charge in [0.05, 0.1) is 7.11 Å². The quantitative estimate of drug-likeness (QED) is 0.770. The molecule has 0 spiro atoms. The number of ether oxygens (including phenoxy) is 1. The number of methoxy groups -OCH3 is 1. The van der Waals surface area contributed by atoms with Gasteiger partial charge >= 0.3 is 0 Å². The number of hydrogen-bond donors (Lipinski definition) is 0. The van der Waals surface area contributed by atoms with Crippen molar-refractivity contribution in [2.24, 2.45) is 0 Å². The molecule has 104 valence electrons. The highest BCUT2D eigenvalue weighted by molar-refractivity contribution is 9.10. The second kappa shape index (κ2) is 6.23. The third-order valence-electron chi connectivity index (χ3n) is 3.46. The Bertz CT molecular complexity index is 627. The SMILES string of the molecule is COc1ccc(Br)c(C(=O)Cc2c(C)cccc2C)c1. The summed E-state index contributed by atoms with van der Waals surface area (Å²) in [5.74, 6) is 0.784. The topological polar surface area (TPSA) is 26.3 Å². The lowest BCUT2D eigenvalue weighted by Crippen LogP contribution is -2.07. The number of benzene rings is 2. The summed E-state index contributed by atoms with van der Waals surface area (Å²) in [4.78, 5) is 12.5. The molecule has 0 aliphatic rings. The van der Waals surface area contributed by atoms with E-state index in [0.717, 1.165) is 21.2 Å². The van der Waals surface area contributed by atoms with Crippen molar-refractivity contribution in [2.75, 3.05) is 7.11 Å². The second-order valence-electron chi connectivity index (χ2n) is 4.82. The van der Waals surface area contributed by atoms with Crippen LogP contribution in [0.2, 0.25) is 0 Å². The van der Waals surface area contributed by atoms with Gasteiger partial charge < -0.3 is 4.74 Å². The number of ketones is 1. The van der Waals surface area contributed by atoms with Crippen LogP contribution in [0.4, 0.5) is 0 Å². The molecule has 0 saturated heterocycles. The normalized spacial score (nSPS) is 10.4. The van der Waals surface area contributed by atoms with E-state index in [2.05, 4.69) is 15.9 Å². The van der Waals surface area contributed by atoms with Crippen molar-refractivity contribution in [3.63, 3.8) is 0 Å². The lowest BCUT2D eigenvalue weighted by molar-refractivity contribution is 0.0991. The molecule has 20 heavy (non-hydrogen) atoms. The molecule has 0 amide bonds. The Morgan fingerprint density at radius 2 is 1.80 bits per heavy atom. The first kappa shape index (κ1) is 14.8. The Hall–Kier alpha value is -1.61. The first-order valence-electron chi connectivity index (χ1n) is 6.44. The van der Waals surface area contributed by atoms with Gasteiger partial charge in [0.15, 0.2) is 5.78 Å². The molecule has 2 aromatic carbocycles. The standard InChI is InChI=1S/C17H17BrO2/c1-11-5-4-6-12(2)14(11)10-17(19)15-9-13(20-3)7-8-16(15)18/h4-9H,10H2,1-3H3. The molecule has 0 bridgehead atoms. The number of carbonyl (C=O) groups is 1. The summed E-state index contributed by atoms with van der Waals surface area (Å²) in [6, 6.07) is 11.5. The van der Waals surface area contributed by atoms with E-state index in [0.29, 0.717) is 17.7 Å². The Morgan fingerprint density at radius 3 is 2.40 bits per heavy atom. The van der Waals surface area contributed by atoms with E-state index < -0.39 is 0 Å². The zero-order valence-electron chi connectivity index (χ0n) is 11.9. The predicted molar refractivity (Wildman–Crippen MR) is 84.6 cm³/mol. The molecule has 0 radical (unpaired) electrons. The Morgan fingerprint density at radius 1 is 1.15 bits per heavy atom. The zero-order chi connectivity index (χ0) is 14.7. The highest BCUT2D eigenvalue weighted by Crippen LogP contribution is 2.25. The lowest BCUT2D eigenvalue weighted by Gasteiger charge is -2.10. The number of aryl methyl sites for hydroxylation is 2. The predicted octanol–water partition coefficient (Wildman–Crippen LogP) is 4.50. The monoisotopic (exact) mass is 332 g/mol. The van der Waals surface area contributed by atoms with Crippen LogP contribution in [-0.2, 0) is 6.42 Å². The van der Waals surface area contributed by atoms with Gasteiger partial charge in [0.25, 0.3) is 0 Å². The van der Waals surface area contributed by atoms with Crippen molar-refractivity contribution in [3.8, 4) is 5.75 Å². The molecule has 0 unspecified atom stereocenters. The molecule has 0 fully saturated rings. The van der Waals surface area contributed by atoms with E-state index in [4.69, 9.17) is 4.74 Å². The summed E-state index contributed by atoms with van der Waals surface area (Å²) < 4.78 is 5.99. The maximum Gasteiger partial charge on any atom is 0.168 e. The highest BCUT2D eigenvalue weighted by Gasteiger charge is 2.14. The molecule has 0 aromatic heterocycles. The van der Waals surface area contributed by atoms with Crippen LogP contribution < -0.4 is 4.74 Å². The summed E-state index contributed by atoms with van der Waals surface area (Å²) in [5, 5.41) is 0. The van der Waals surface area contributed by atoms with Gasteiger partial charge in [-0.1, -0.05) is 34.1 Å². The molecular weight excluding hydrogens is 316 g/mol. The molecule has 2 aromatic rings. The van der Waals surface area contributed by atoms with Crippen LogP contribution in [0.15, 0.2) is 40.9 Å². The van der Waals surface area contributed by atoms with Crippen molar-refractivity contribution in [1.82, 2.24) is 0 Å². The van der Waals surface area contributed by atoms with E-state index in [1.54, 1.807) is 13.2 Å². The Balaban J connectivity index is 2.33. The molecule has 0 aliphatic heterocycles. The minimum absolute atomic E-state index is 0.0909. The first-order valence-corrected chi connectivity index (χ1v) is 7.24. The largest absolute Gasteiger partial charge is 0.497 e. The number of rotatable bonds is 4. The van der Waals surface area contributed by atoms with Gasteiger partial charge in [-0.05, 0) is 48.7 Å². The molecular formula is C17H17BrO2. The fourth-order valence-electron chi connectivity index (χ4n) is 2.23. The van der Waals surface area contributed by atoms with Crippen LogP contribution in [0.25, 0.3) is 0 Å². The van der Waals surface area contributed by atoms with Gasteiger partial charge in [-0.2, -0.15) is 0 Å². The van der Waals surface area contributed by atoms with Crippen molar-refractivity contribution < 1.29 is 9.53 Å². The molecule has 2 rings (SSSR count).